The molecular formula is C29H27N3O4S2. The summed E-state index contributed by atoms with van der Waals surface area (Å²) in [5.41, 5.74) is 3.96. The summed E-state index contributed by atoms with van der Waals surface area (Å²) in [5.74, 6) is 0.320. The monoisotopic (exact) mass is 545 g/mol. The molecule has 38 heavy (non-hydrogen) atoms. The zero-order valence-electron chi connectivity index (χ0n) is 21.3. The summed E-state index contributed by atoms with van der Waals surface area (Å²) in [7, 11) is -3.80. The molecule has 0 spiro atoms. The van der Waals surface area contributed by atoms with Gasteiger partial charge in [0.05, 0.1) is 33.6 Å². The molecule has 2 aromatic heterocycles. The van der Waals surface area contributed by atoms with E-state index in [4.69, 9.17) is 9.40 Å². The van der Waals surface area contributed by atoms with Crippen LogP contribution in [-0.2, 0) is 16.6 Å². The predicted molar refractivity (Wildman–Crippen MR) is 151 cm³/mol. The smallest absolute Gasteiger partial charge is 0.264 e. The highest BCUT2D eigenvalue weighted by atomic mass is 32.2. The minimum absolute atomic E-state index is 0.114. The molecule has 0 saturated heterocycles. The Morgan fingerprint density at radius 1 is 0.974 bits per heavy atom. The topological polar surface area (TPSA) is 83.7 Å². The summed E-state index contributed by atoms with van der Waals surface area (Å²) in [4.78, 5) is 20.2. The van der Waals surface area contributed by atoms with Crippen molar-refractivity contribution in [2.24, 2.45) is 0 Å². The van der Waals surface area contributed by atoms with Gasteiger partial charge in [-0.2, -0.15) is 0 Å². The number of sulfonamides is 1. The van der Waals surface area contributed by atoms with Gasteiger partial charge < -0.3 is 4.42 Å². The zero-order valence-corrected chi connectivity index (χ0v) is 22.9. The van der Waals surface area contributed by atoms with Crippen LogP contribution in [-0.4, -0.2) is 25.9 Å². The molecule has 5 aromatic rings. The number of hydrogen-bond acceptors (Lipinski definition) is 6. The average molecular weight is 546 g/mol. The summed E-state index contributed by atoms with van der Waals surface area (Å²) in [6.45, 7) is 6.30. The fourth-order valence-corrected chi connectivity index (χ4v) is 7.01. The number of carbonyl (C=O) groups excluding carboxylic acids is 1. The number of para-hydroxylation sites is 1. The van der Waals surface area contributed by atoms with Crippen LogP contribution in [0.4, 0.5) is 10.8 Å². The highest BCUT2D eigenvalue weighted by Crippen LogP contribution is 2.33. The van der Waals surface area contributed by atoms with Crippen LogP contribution in [0.1, 0.15) is 34.2 Å². The molecule has 0 aliphatic heterocycles. The maximum atomic E-state index is 13.8. The predicted octanol–water partition coefficient (Wildman–Crippen LogP) is 6.57. The lowest BCUT2D eigenvalue weighted by atomic mass is 10.1. The Labute approximate surface area is 226 Å². The van der Waals surface area contributed by atoms with Crippen LogP contribution < -0.4 is 9.21 Å². The third-order valence-electron chi connectivity index (χ3n) is 6.21. The SMILES string of the molecule is CCN(c1ccccc1)S(=O)(=O)c1ccc(C(=O)N(Cc2ccco2)c2nc3c(C)cc(C)cc3s2)cc1. The molecule has 0 N–H and O–H groups in total. The number of amides is 1. The lowest BCUT2D eigenvalue weighted by Gasteiger charge is -2.23. The lowest BCUT2D eigenvalue weighted by Crippen LogP contribution is -2.31. The molecule has 0 bridgehead atoms. The van der Waals surface area contributed by atoms with E-state index in [1.807, 2.05) is 26.0 Å². The van der Waals surface area contributed by atoms with E-state index in [2.05, 4.69) is 12.1 Å². The quantitative estimate of drug-likeness (QED) is 0.220. The fraction of sp³-hybridized carbons (Fsp3) is 0.172. The van der Waals surface area contributed by atoms with Crippen LogP contribution in [0.5, 0.6) is 0 Å². The summed E-state index contributed by atoms with van der Waals surface area (Å²) in [6.07, 6.45) is 1.57. The molecule has 2 heterocycles. The van der Waals surface area contributed by atoms with Crippen molar-refractivity contribution in [2.45, 2.75) is 32.2 Å². The van der Waals surface area contributed by atoms with Crippen LogP contribution in [0.3, 0.4) is 0 Å². The molecule has 0 unspecified atom stereocenters. The molecule has 7 nitrogen and oxygen atoms in total. The van der Waals surface area contributed by atoms with Gasteiger partial charge in [-0.1, -0.05) is 35.6 Å². The van der Waals surface area contributed by atoms with Gasteiger partial charge in [-0.3, -0.25) is 14.0 Å². The Hall–Kier alpha value is -3.95. The standard InChI is InChI=1S/C29H27N3O4S2/c1-4-32(23-9-6-5-7-10-23)38(34,35)25-14-12-22(13-15-25)28(33)31(19-24-11-8-16-36-24)29-30-27-21(3)17-20(2)18-26(27)37-29/h5-18H,4,19H2,1-3H3. The van der Waals surface area contributed by atoms with E-state index < -0.39 is 10.0 Å². The Bertz CT molecular complexity index is 1680. The lowest BCUT2D eigenvalue weighted by molar-refractivity contribution is 0.0983. The van der Waals surface area contributed by atoms with Gasteiger partial charge in [-0.15, -0.1) is 0 Å². The molecule has 0 saturated carbocycles. The summed E-state index contributed by atoms with van der Waals surface area (Å²) < 4.78 is 34.6. The van der Waals surface area contributed by atoms with Gasteiger partial charge in [0.1, 0.15) is 5.76 Å². The maximum absolute atomic E-state index is 13.8. The number of fused-ring (bicyclic) bond motifs is 1. The summed E-state index contributed by atoms with van der Waals surface area (Å²) in [6, 6.07) is 22.7. The van der Waals surface area contributed by atoms with E-state index in [1.54, 1.807) is 60.6 Å². The largest absolute Gasteiger partial charge is 0.467 e. The molecular weight excluding hydrogens is 518 g/mol. The Morgan fingerprint density at radius 2 is 1.71 bits per heavy atom. The number of rotatable bonds is 8. The van der Waals surface area contributed by atoms with E-state index in [0.717, 1.165) is 21.3 Å². The van der Waals surface area contributed by atoms with Crippen molar-refractivity contribution in [3.63, 3.8) is 0 Å². The second kappa shape index (κ2) is 10.4. The van der Waals surface area contributed by atoms with Crippen LogP contribution >= 0.6 is 11.3 Å². The van der Waals surface area contributed by atoms with Crippen LogP contribution in [0, 0.1) is 13.8 Å². The highest BCUT2D eigenvalue weighted by Gasteiger charge is 2.26. The Kier molecular flexibility index (Phi) is 7.05. The normalized spacial score (nSPS) is 11.6. The first-order valence-electron chi connectivity index (χ1n) is 12.2. The second-order valence-corrected chi connectivity index (χ2v) is 11.8. The van der Waals surface area contributed by atoms with Crippen molar-refractivity contribution < 1.29 is 17.6 Å². The van der Waals surface area contributed by atoms with Crippen molar-refractivity contribution in [1.82, 2.24) is 4.98 Å². The zero-order chi connectivity index (χ0) is 26.9. The molecule has 5 rings (SSSR count). The Balaban J connectivity index is 1.49. The number of thiazole rings is 1. The summed E-state index contributed by atoms with van der Waals surface area (Å²) >= 11 is 1.44. The van der Waals surface area contributed by atoms with E-state index in [0.29, 0.717) is 22.1 Å². The van der Waals surface area contributed by atoms with Gasteiger partial charge in [0.15, 0.2) is 5.13 Å². The van der Waals surface area contributed by atoms with Crippen LogP contribution in [0.2, 0.25) is 0 Å². The van der Waals surface area contributed by atoms with Gasteiger partial charge in [-0.05, 0) is 86.5 Å². The number of anilines is 2. The van der Waals surface area contributed by atoms with Crippen molar-refractivity contribution >= 4 is 48.3 Å². The first-order valence-corrected chi connectivity index (χ1v) is 14.4. The van der Waals surface area contributed by atoms with Crippen LogP contribution in [0.25, 0.3) is 10.2 Å². The second-order valence-electron chi connectivity index (χ2n) is 8.93. The van der Waals surface area contributed by atoms with Gasteiger partial charge in [-0.25, -0.2) is 13.4 Å². The van der Waals surface area contributed by atoms with Crippen molar-refractivity contribution in [1.29, 1.82) is 0 Å². The molecule has 0 fully saturated rings. The van der Waals surface area contributed by atoms with Crippen molar-refractivity contribution in [3.8, 4) is 0 Å². The first kappa shape index (κ1) is 25.7. The first-order chi connectivity index (χ1) is 18.3. The van der Waals surface area contributed by atoms with E-state index >= 15 is 0 Å². The fourth-order valence-electron chi connectivity index (χ4n) is 4.40. The number of carbonyl (C=O) groups is 1. The molecule has 0 aliphatic carbocycles. The average Bonchev–Trinajstić information content (AvgIpc) is 3.58. The number of furan rings is 1. The molecule has 194 valence electrons. The Morgan fingerprint density at radius 3 is 2.37 bits per heavy atom. The van der Waals surface area contributed by atoms with E-state index in [1.165, 1.54) is 27.8 Å². The number of aromatic nitrogens is 1. The third kappa shape index (κ3) is 4.94. The van der Waals surface area contributed by atoms with E-state index in [-0.39, 0.29) is 23.9 Å². The van der Waals surface area contributed by atoms with Gasteiger partial charge in [0.25, 0.3) is 15.9 Å². The number of hydrogen-bond donors (Lipinski definition) is 0. The molecule has 0 atom stereocenters. The number of benzene rings is 3. The molecule has 9 heteroatoms. The van der Waals surface area contributed by atoms with Crippen LogP contribution in [0.15, 0.2) is 94.4 Å². The van der Waals surface area contributed by atoms with Crippen molar-refractivity contribution in [3.05, 3.63) is 108 Å². The van der Waals surface area contributed by atoms with Gasteiger partial charge >= 0.3 is 0 Å². The number of aryl methyl sites for hydroxylation is 2. The summed E-state index contributed by atoms with van der Waals surface area (Å²) in [5, 5.41) is 0.549. The minimum Gasteiger partial charge on any atom is -0.467 e. The minimum atomic E-state index is -3.80. The molecule has 3 aromatic carbocycles. The molecule has 0 radical (unpaired) electrons. The number of nitrogens with zero attached hydrogens (tertiary/aromatic N) is 3. The molecule has 0 aliphatic rings. The van der Waals surface area contributed by atoms with Gasteiger partial charge in [0.2, 0.25) is 0 Å². The van der Waals surface area contributed by atoms with E-state index in [9.17, 15) is 13.2 Å². The van der Waals surface area contributed by atoms with Gasteiger partial charge in [0, 0.05) is 12.1 Å². The third-order valence-corrected chi connectivity index (χ3v) is 9.15. The molecule has 1 amide bonds. The highest BCUT2D eigenvalue weighted by molar-refractivity contribution is 7.92. The van der Waals surface area contributed by atoms with Crippen molar-refractivity contribution in [2.75, 3.05) is 15.7 Å². The maximum Gasteiger partial charge on any atom is 0.264 e.